The van der Waals surface area contributed by atoms with E-state index >= 15 is 0 Å². The molecule has 2 heterocycles. The van der Waals surface area contributed by atoms with Crippen LogP contribution in [0.3, 0.4) is 0 Å². The lowest BCUT2D eigenvalue weighted by Gasteiger charge is -2.39. The van der Waals surface area contributed by atoms with Crippen molar-refractivity contribution >= 4 is 11.0 Å². The molecule has 1 saturated heterocycles. The van der Waals surface area contributed by atoms with E-state index in [1.807, 2.05) is 0 Å². The second kappa shape index (κ2) is 8.55. The molecule has 182 valence electrons. The molecule has 4 rings (SSSR count). The SMILES string of the molecule is O=c1c(O)c(-c2ccc(O)c(O)c2)oc2cc(O[C@@H]3O[C@H](CO)[C@H](O)[C@@H](O)[C@H]3O)c(O)c(O)c12. The highest BCUT2D eigenvalue weighted by atomic mass is 16.7. The molecule has 5 atom stereocenters. The molecule has 0 saturated carbocycles. The van der Waals surface area contributed by atoms with Crippen LogP contribution in [0.15, 0.2) is 33.5 Å². The molecule has 2 aromatic carbocycles. The predicted octanol–water partition coefficient (Wildman–Crippen LogP) is -0.833. The molecule has 0 aliphatic carbocycles. The number of hydrogen-bond donors (Lipinski definition) is 9. The van der Waals surface area contributed by atoms with Gasteiger partial charge in [0.15, 0.2) is 28.8 Å². The molecule has 0 spiro atoms. The number of aliphatic hydroxyl groups excluding tert-OH is 4. The Morgan fingerprint density at radius 3 is 2.21 bits per heavy atom. The number of hydrogen-bond acceptors (Lipinski definition) is 13. The van der Waals surface area contributed by atoms with Gasteiger partial charge in [0.25, 0.3) is 0 Å². The quantitative estimate of drug-likeness (QED) is 0.208. The summed E-state index contributed by atoms with van der Waals surface area (Å²) in [5.74, 6) is -5.06. The summed E-state index contributed by atoms with van der Waals surface area (Å²) >= 11 is 0. The molecule has 0 bridgehead atoms. The van der Waals surface area contributed by atoms with Gasteiger partial charge in [-0.2, -0.15) is 0 Å². The maximum Gasteiger partial charge on any atom is 0.238 e. The van der Waals surface area contributed by atoms with E-state index in [2.05, 4.69) is 0 Å². The van der Waals surface area contributed by atoms with Gasteiger partial charge in [-0.25, -0.2) is 0 Å². The maximum atomic E-state index is 12.7. The number of aliphatic hydroxyl groups is 4. The Bertz CT molecular complexity index is 1300. The minimum atomic E-state index is -1.84. The number of ether oxygens (including phenoxy) is 2. The van der Waals surface area contributed by atoms with E-state index in [0.29, 0.717) is 0 Å². The van der Waals surface area contributed by atoms with Crippen LogP contribution in [-0.4, -0.2) is 83.3 Å². The van der Waals surface area contributed by atoms with Crippen molar-refractivity contribution in [3.8, 4) is 45.8 Å². The predicted molar refractivity (Wildman–Crippen MR) is 111 cm³/mol. The summed E-state index contributed by atoms with van der Waals surface area (Å²) in [4.78, 5) is 12.7. The van der Waals surface area contributed by atoms with Crippen LogP contribution in [0, 0.1) is 0 Å². The van der Waals surface area contributed by atoms with Crippen LogP contribution >= 0.6 is 0 Å². The van der Waals surface area contributed by atoms with E-state index in [0.717, 1.165) is 18.2 Å². The highest BCUT2D eigenvalue weighted by Gasteiger charge is 2.45. The molecule has 1 aliphatic heterocycles. The van der Waals surface area contributed by atoms with Crippen LogP contribution in [0.2, 0.25) is 0 Å². The number of fused-ring (bicyclic) bond motifs is 1. The minimum Gasteiger partial charge on any atom is -0.504 e. The summed E-state index contributed by atoms with van der Waals surface area (Å²) < 4.78 is 16.0. The number of phenolic OH excluding ortho intramolecular Hbond substituents is 4. The molecule has 1 aliphatic rings. The summed E-state index contributed by atoms with van der Waals surface area (Å²) in [6, 6.07) is 4.24. The molecule has 1 aromatic heterocycles. The summed E-state index contributed by atoms with van der Waals surface area (Å²) in [5, 5.41) is 88.8. The lowest BCUT2D eigenvalue weighted by Crippen LogP contribution is -2.60. The molecule has 34 heavy (non-hydrogen) atoms. The Morgan fingerprint density at radius 1 is 0.853 bits per heavy atom. The highest BCUT2D eigenvalue weighted by molar-refractivity contribution is 5.91. The van der Waals surface area contributed by atoms with Crippen molar-refractivity contribution in [3.05, 3.63) is 34.5 Å². The van der Waals surface area contributed by atoms with Crippen molar-refractivity contribution in [2.75, 3.05) is 6.61 Å². The third kappa shape index (κ3) is 3.70. The molecule has 1 fully saturated rings. The van der Waals surface area contributed by atoms with Gasteiger partial charge in [0.1, 0.15) is 35.4 Å². The van der Waals surface area contributed by atoms with Crippen molar-refractivity contribution in [2.24, 2.45) is 0 Å². The molecular formula is C21H20O13. The normalized spacial score (nSPS) is 24.9. The van der Waals surface area contributed by atoms with E-state index in [1.165, 1.54) is 6.07 Å². The van der Waals surface area contributed by atoms with E-state index < -0.39 is 94.0 Å². The fourth-order valence-corrected chi connectivity index (χ4v) is 3.53. The van der Waals surface area contributed by atoms with Crippen LogP contribution in [0.25, 0.3) is 22.3 Å². The third-order valence-electron chi connectivity index (χ3n) is 5.40. The van der Waals surface area contributed by atoms with Gasteiger partial charge in [0, 0.05) is 11.6 Å². The van der Waals surface area contributed by atoms with Gasteiger partial charge in [-0.15, -0.1) is 0 Å². The Morgan fingerprint density at radius 2 is 1.56 bits per heavy atom. The minimum absolute atomic E-state index is 0.0178. The average Bonchev–Trinajstić information content (AvgIpc) is 2.81. The van der Waals surface area contributed by atoms with Gasteiger partial charge in [0.05, 0.1) is 6.61 Å². The zero-order valence-corrected chi connectivity index (χ0v) is 17.1. The monoisotopic (exact) mass is 480 g/mol. The maximum absolute atomic E-state index is 12.7. The highest BCUT2D eigenvalue weighted by Crippen LogP contribution is 2.44. The smallest absolute Gasteiger partial charge is 0.238 e. The first-order valence-electron chi connectivity index (χ1n) is 9.79. The third-order valence-corrected chi connectivity index (χ3v) is 5.40. The fourth-order valence-electron chi connectivity index (χ4n) is 3.53. The number of phenols is 4. The Labute approximate surface area is 189 Å². The second-order valence-electron chi connectivity index (χ2n) is 7.57. The Kier molecular flexibility index (Phi) is 5.89. The first kappa shape index (κ1) is 23.4. The van der Waals surface area contributed by atoms with Crippen LogP contribution < -0.4 is 10.2 Å². The standard InChI is InChI=1S/C21H20O13/c22-5-11-14(26)17(29)19(31)21(34-11)33-10-4-9-12(15(27)13(10)25)16(28)18(30)20(32-9)6-1-2-7(23)8(24)3-6/h1-4,11,14,17,19,21-27,29-31H,5H2/t11-,14+,17-,19-,21-/m1/s1. The molecule has 13 nitrogen and oxygen atoms in total. The van der Waals surface area contributed by atoms with Gasteiger partial charge < -0.3 is 59.8 Å². The molecule has 0 radical (unpaired) electrons. The Balaban J connectivity index is 1.82. The first-order valence-corrected chi connectivity index (χ1v) is 9.79. The summed E-state index contributed by atoms with van der Waals surface area (Å²) in [6.07, 6.45) is -8.32. The van der Waals surface area contributed by atoms with Crippen molar-refractivity contribution in [2.45, 2.75) is 30.7 Å². The van der Waals surface area contributed by atoms with Crippen LogP contribution in [-0.2, 0) is 4.74 Å². The van der Waals surface area contributed by atoms with Crippen LogP contribution in [0.5, 0.6) is 34.5 Å². The number of aromatic hydroxyl groups is 5. The van der Waals surface area contributed by atoms with Crippen LogP contribution in [0.1, 0.15) is 0 Å². The van der Waals surface area contributed by atoms with Gasteiger partial charge >= 0.3 is 0 Å². The topological polar surface area (TPSA) is 231 Å². The largest absolute Gasteiger partial charge is 0.504 e. The number of benzene rings is 2. The van der Waals surface area contributed by atoms with E-state index in [-0.39, 0.29) is 5.56 Å². The average molecular weight is 480 g/mol. The molecule has 0 amide bonds. The molecule has 3 aromatic rings. The van der Waals surface area contributed by atoms with Gasteiger partial charge in [-0.1, -0.05) is 0 Å². The second-order valence-corrected chi connectivity index (χ2v) is 7.57. The summed E-state index contributed by atoms with van der Waals surface area (Å²) in [7, 11) is 0. The molecule has 13 heteroatoms. The van der Waals surface area contributed by atoms with Crippen LogP contribution in [0.4, 0.5) is 0 Å². The van der Waals surface area contributed by atoms with Crippen molar-refractivity contribution in [1.29, 1.82) is 0 Å². The molecule has 0 unspecified atom stereocenters. The van der Waals surface area contributed by atoms with Gasteiger partial charge in [0.2, 0.25) is 23.2 Å². The van der Waals surface area contributed by atoms with Gasteiger partial charge in [-0.3, -0.25) is 4.79 Å². The number of rotatable bonds is 4. The van der Waals surface area contributed by atoms with E-state index in [4.69, 9.17) is 13.9 Å². The van der Waals surface area contributed by atoms with E-state index in [1.54, 1.807) is 0 Å². The van der Waals surface area contributed by atoms with E-state index in [9.17, 15) is 50.8 Å². The lowest BCUT2D eigenvalue weighted by molar-refractivity contribution is -0.277. The zero-order chi connectivity index (χ0) is 24.9. The first-order chi connectivity index (χ1) is 16.0. The fraction of sp³-hybridized carbons (Fsp3) is 0.286. The van der Waals surface area contributed by atoms with Crippen molar-refractivity contribution in [3.63, 3.8) is 0 Å². The molecular weight excluding hydrogens is 460 g/mol. The molecule has 9 N–H and O–H groups in total. The summed E-state index contributed by atoms with van der Waals surface area (Å²) in [6.45, 7) is -0.739. The van der Waals surface area contributed by atoms with Crippen molar-refractivity contribution in [1.82, 2.24) is 0 Å². The van der Waals surface area contributed by atoms with Gasteiger partial charge in [-0.05, 0) is 18.2 Å². The summed E-state index contributed by atoms with van der Waals surface area (Å²) in [5.41, 5.74) is -1.56. The Hall–Kier alpha value is -3.75. The lowest BCUT2D eigenvalue weighted by atomic mass is 9.99. The van der Waals surface area contributed by atoms with Crippen molar-refractivity contribution < 1.29 is 59.8 Å². The zero-order valence-electron chi connectivity index (χ0n) is 17.1.